The number of hydrogen-bond donors (Lipinski definition) is 3. The van der Waals surface area contributed by atoms with Crippen LogP contribution < -0.4 is 16.6 Å². The molecule has 1 unspecified atom stereocenters. The first-order valence-corrected chi connectivity index (χ1v) is 6.01. The van der Waals surface area contributed by atoms with Crippen molar-refractivity contribution in [3.05, 3.63) is 17.8 Å². The number of hydrogen-bond acceptors (Lipinski definition) is 7. The molecule has 9 heteroatoms. The van der Waals surface area contributed by atoms with Gasteiger partial charge in [-0.25, -0.2) is 5.84 Å². The van der Waals surface area contributed by atoms with Crippen LogP contribution in [0.25, 0.3) is 0 Å². The maximum Gasteiger partial charge on any atom is 0.275 e. The van der Waals surface area contributed by atoms with Gasteiger partial charge >= 0.3 is 0 Å². The lowest BCUT2D eigenvalue weighted by atomic mass is 10.1. The van der Waals surface area contributed by atoms with Crippen molar-refractivity contribution < 1.29 is 14.4 Å². The molecule has 1 aromatic rings. The Morgan fingerprint density at radius 3 is 2.80 bits per heavy atom. The van der Waals surface area contributed by atoms with Gasteiger partial charge in [0.25, 0.3) is 5.91 Å². The fourth-order valence-corrected chi connectivity index (χ4v) is 1.96. The number of amides is 3. The van der Waals surface area contributed by atoms with Crippen molar-refractivity contribution in [2.45, 2.75) is 19.4 Å². The summed E-state index contributed by atoms with van der Waals surface area (Å²) in [5, 5.41) is 9.60. The number of nitrogens with one attached hydrogen (secondary N) is 2. The number of imide groups is 1. The molecule has 1 atom stereocenters. The zero-order valence-electron chi connectivity index (χ0n) is 10.8. The Bertz CT molecular complexity index is 544. The summed E-state index contributed by atoms with van der Waals surface area (Å²) in [4.78, 5) is 36.6. The summed E-state index contributed by atoms with van der Waals surface area (Å²) >= 11 is 0. The molecular formula is C11H14N6O3. The molecule has 1 aliphatic heterocycles. The van der Waals surface area contributed by atoms with E-state index in [-0.39, 0.29) is 12.2 Å². The number of anilines is 1. The quantitative estimate of drug-likeness (QED) is 0.353. The molecule has 9 nitrogen and oxygen atoms in total. The summed E-state index contributed by atoms with van der Waals surface area (Å²) in [5.74, 6) is 3.95. The second-order valence-electron chi connectivity index (χ2n) is 4.22. The van der Waals surface area contributed by atoms with Crippen LogP contribution in [0.4, 0.5) is 5.82 Å². The van der Waals surface area contributed by atoms with Gasteiger partial charge in [0.1, 0.15) is 12.6 Å². The Kier molecular flexibility index (Phi) is 3.89. The molecule has 2 heterocycles. The molecule has 106 valence electrons. The van der Waals surface area contributed by atoms with E-state index in [4.69, 9.17) is 5.84 Å². The van der Waals surface area contributed by atoms with Crippen molar-refractivity contribution in [1.82, 2.24) is 20.4 Å². The number of aromatic nitrogens is 2. The van der Waals surface area contributed by atoms with E-state index in [0.717, 1.165) is 0 Å². The zero-order valence-corrected chi connectivity index (χ0v) is 10.8. The van der Waals surface area contributed by atoms with Gasteiger partial charge in [-0.15, -0.1) is 10.2 Å². The Morgan fingerprint density at radius 2 is 2.25 bits per heavy atom. The Morgan fingerprint density at radius 1 is 1.50 bits per heavy atom. The van der Waals surface area contributed by atoms with E-state index in [2.05, 4.69) is 20.9 Å². The fraction of sp³-hybridized carbons (Fsp3) is 0.364. The third kappa shape index (κ3) is 2.57. The van der Waals surface area contributed by atoms with Crippen molar-refractivity contribution >= 4 is 23.5 Å². The van der Waals surface area contributed by atoms with E-state index in [1.165, 1.54) is 17.0 Å². The van der Waals surface area contributed by atoms with Gasteiger partial charge in [0.2, 0.25) is 11.8 Å². The van der Waals surface area contributed by atoms with E-state index in [0.29, 0.717) is 12.2 Å². The largest absolute Gasteiger partial charge is 0.316 e. The lowest BCUT2D eigenvalue weighted by Gasteiger charge is -2.32. The minimum absolute atomic E-state index is 0.0463. The third-order valence-corrected chi connectivity index (χ3v) is 2.93. The van der Waals surface area contributed by atoms with E-state index >= 15 is 0 Å². The molecule has 0 radical (unpaired) electrons. The van der Waals surface area contributed by atoms with Crippen molar-refractivity contribution in [2.24, 2.45) is 5.84 Å². The number of carbonyl (C=O) groups is 3. The maximum absolute atomic E-state index is 12.3. The van der Waals surface area contributed by atoms with Crippen LogP contribution in [0.15, 0.2) is 12.1 Å². The van der Waals surface area contributed by atoms with Crippen molar-refractivity contribution in [1.29, 1.82) is 0 Å². The topological polar surface area (TPSA) is 130 Å². The first kappa shape index (κ1) is 13.9. The molecule has 1 saturated heterocycles. The summed E-state index contributed by atoms with van der Waals surface area (Å²) in [7, 11) is 0. The smallest absolute Gasteiger partial charge is 0.275 e. The van der Waals surface area contributed by atoms with Crippen molar-refractivity contribution in [3.63, 3.8) is 0 Å². The second-order valence-corrected chi connectivity index (χ2v) is 4.22. The SMILES string of the molecule is CCC1C(=O)NC(=O)CN1C(=O)c1ccc(NN)nn1. The van der Waals surface area contributed by atoms with Gasteiger partial charge in [0.15, 0.2) is 11.5 Å². The van der Waals surface area contributed by atoms with Gasteiger partial charge < -0.3 is 10.3 Å². The minimum Gasteiger partial charge on any atom is -0.316 e. The van der Waals surface area contributed by atoms with Crippen LogP contribution in [-0.4, -0.2) is 45.4 Å². The molecule has 0 saturated carbocycles. The average Bonchev–Trinajstić information content (AvgIpc) is 2.46. The number of hydrazine groups is 1. The van der Waals surface area contributed by atoms with E-state index in [9.17, 15) is 14.4 Å². The van der Waals surface area contributed by atoms with Crippen LogP contribution >= 0.6 is 0 Å². The number of carbonyl (C=O) groups excluding carboxylic acids is 3. The van der Waals surface area contributed by atoms with Gasteiger partial charge in [-0.3, -0.25) is 19.7 Å². The highest BCUT2D eigenvalue weighted by Gasteiger charge is 2.36. The number of nitrogens with zero attached hydrogens (tertiary/aromatic N) is 3. The van der Waals surface area contributed by atoms with Gasteiger partial charge in [0.05, 0.1) is 0 Å². The molecule has 20 heavy (non-hydrogen) atoms. The fourth-order valence-electron chi connectivity index (χ4n) is 1.96. The predicted octanol–water partition coefficient (Wildman–Crippen LogP) is -1.36. The van der Waals surface area contributed by atoms with Crippen LogP contribution in [0.5, 0.6) is 0 Å². The normalized spacial score (nSPS) is 18.7. The number of nitrogens with two attached hydrogens (primary N) is 1. The molecule has 3 amide bonds. The number of rotatable bonds is 3. The third-order valence-electron chi connectivity index (χ3n) is 2.93. The minimum atomic E-state index is -0.686. The van der Waals surface area contributed by atoms with Gasteiger partial charge in [0, 0.05) is 0 Å². The predicted molar refractivity (Wildman–Crippen MR) is 68.1 cm³/mol. The van der Waals surface area contributed by atoms with Crippen molar-refractivity contribution in [3.8, 4) is 0 Å². The summed E-state index contributed by atoms with van der Waals surface area (Å²) in [6, 6.07) is 2.22. The lowest BCUT2D eigenvalue weighted by Crippen LogP contribution is -2.59. The molecule has 2 rings (SSSR count). The molecule has 4 N–H and O–H groups in total. The van der Waals surface area contributed by atoms with Crippen molar-refractivity contribution in [2.75, 3.05) is 12.0 Å². The molecule has 0 aliphatic carbocycles. The Balaban J connectivity index is 2.24. The van der Waals surface area contributed by atoms with Crippen LogP contribution in [0, 0.1) is 0 Å². The summed E-state index contributed by atoms with van der Waals surface area (Å²) < 4.78 is 0. The van der Waals surface area contributed by atoms with Crippen LogP contribution in [0.3, 0.4) is 0 Å². The Labute approximate surface area is 114 Å². The van der Waals surface area contributed by atoms with Gasteiger partial charge in [-0.05, 0) is 18.6 Å². The van der Waals surface area contributed by atoms with Crippen LogP contribution in [0.1, 0.15) is 23.8 Å². The molecule has 1 aromatic heterocycles. The standard InChI is InChI=1S/C11H14N6O3/c1-2-7-10(19)13-9(18)5-17(7)11(20)6-3-4-8(14-12)16-15-6/h3-4,7H,2,5,12H2,1H3,(H,14,16)(H,13,18,19). The van der Waals surface area contributed by atoms with Crippen LogP contribution in [0.2, 0.25) is 0 Å². The van der Waals surface area contributed by atoms with E-state index in [1.807, 2.05) is 0 Å². The molecule has 1 fully saturated rings. The molecule has 0 aromatic carbocycles. The molecule has 1 aliphatic rings. The second kappa shape index (κ2) is 5.61. The zero-order chi connectivity index (χ0) is 14.7. The summed E-state index contributed by atoms with van der Waals surface area (Å²) in [6.45, 7) is 1.58. The highest BCUT2D eigenvalue weighted by atomic mass is 16.2. The first-order valence-electron chi connectivity index (χ1n) is 6.01. The summed E-state index contributed by atoms with van der Waals surface area (Å²) in [6.07, 6.45) is 0.403. The average molecular weight is 278 g/mol. The molecule has 0 spiro atoms. The Hall–Kier alpha value is -2.55. The monoisotopic (exact) mass is 278 g/mol. The number of piperazine rings is 1. The summed E-state index contributed by atoms with van der Waals surface area (Å²) in [5.41, 5.74) is 2.34. The highest BCUT2D eigenvalue weighted by molar-refractivity contribution is 6.06. The molecule has 0 bridgehead atoms. The highest BCUT2D eigenvalue weighted by Crippen LogP contribution is 2.13. The molecular weight excluding hydrogens is 264 g/mol. The van der Waals surface area contributed by atoms with Gasteiger partial charge in [-0.1, -0.05) is 6.92 Å². The lowest BCUT2D eigenvalue weighted by molar-refractivity contribution is -0.138. The first-order chi connectivity index (χ1) is 9.56. The maximum atomic E-state index is 12.3. The van der Waals surface area contributed by atoms with Gasteiger partial charge in [-0.2, -0.15) is 0 Å². The number of nitrogen functional groups attached to an aromatic ring is 1. The van der Waals surface area contributed by atoms with Crippen LogP contribution in [-0.2, 0) is 9.59 Å². The van der Waals surface area contributed by atoms with E-state index < -0.39 is 23.8 Å². The van der Waals surface area contributed by atoms with E-state index in [1.54, 1.807) is 6.92 Å².